The number of aromatic carboxylic acids is 1. The molecular formula is C28H24ClNO2. The maximum Gasteiger partial charge on any atom is 0.336 e. The van der Waals surface area contributed by atoms with Crippen LogP contribution in [-0.2, 0) is 19.6 Å². The molecule has 1 N–H and O–H groups in total. The van der Waals surface area contributed by atoms with Gasteiger partial charge in [-0.3, -0.25) is 4.90 Å². The fourth-order valence-electron chi connectivity index (χ4n) is 3.87. The van der Waals surface area contributed by atoms with Gasteiger partial charge in [0, 0.05) is 24.7 Å². The van der Waals surface area contributed by atoms with Crippen molar-refractivity contribution in [1.29, 1.82) is 0 Å². The summed E-state index contributed by atoms with van der Waals surface area (Å²) in [4.78, 5) is 14.0. The van der Waals surface area contributed by atoms with E-state index in [1.807, 2.05) is 42.5 Å². The number of carboxylic acid groups (broad SMARTS) is 1. The van der Waals surface area contributed by atoms with Gasteiger partial charge in [-0.2, -0.15) is 0 Å². The van der Waals surface area contributed by atoms with Gasteiger partial charge in [0.1, 0.15) is 0 Å². The molecule has 0 radical (unpaired) electrons. The van der Waals surface area contributed by atoms with Crippen molar-refractivity contribution in [3.63, 3.8) is 0 Å². The van der Waals surface area contributed by atoms with Crippen molar-refractivity contribution in [2.45, 2.75) is 19.6 Å². The summed E-state index contributed by atoms with van der Waals surface area (Å²) in [5, 5.41) is 10.3. The standard InChI is InChI=1S/C28H24ClNO2/c29-25-15-13-22(14-16-25)19-30(18-21-7-2-1-3-8-21)20-23-9-6-10-24(17-23)26-11-4-5-12-27(26)28(31)32/h1-17H,18-20H2,(H,31,32). The Morgan fingerprint density at radius 2 is 1.28 bits per heavy atom. The number of rotatable bonds is 8. The molecule has 0 saturated heterocycles. The molecule has 32 heavy (non-hydrogen) atoms. The molecule has 4 aromatic rings. The Balaban J connectivity index is 1.61. The van der Waals surface area contributed by atoms with Gasteiger partial charge in [0.05, 0.1) is 5.56 Å². The number of carbonyl (C=O) groups is 1. The molecule has 0 atom stereocenters. The molecule has 0 spiro atoms. The Bertz CT molecular complexity index is 1190. The van der Waals surface area contributed by atoms with Gasteiger partial charge in [0.25, 0.3) is 0 Å². The van der Waals surface area contributed by atoms with E-state index in [2.05, 4.69) is 53.4 Å². The van der Waals surface area contributed by atoms with E-state index in [4.69, 9.17) is 11.6 Å². The Labute approximate surface area is 193 Å². The van der Waals surface area contributed by atoms with E-state index in [0.29, 0.717) is 5.56 Å². The van der Waals surface area contributed by atoms with Crippen molar-refractivity contribution in [2.24, 2.45) is 0 Å². The summed E-state index contributed by atoms with van der Waals surface area (Å²) in [6.45, 7) is 2.32. The summed E-state index contributed by atoms with van der Waals surface area (Å²) in [7, 11) is 0. The van der Waals surface area contributed by atoms with Gasteiger partial charge in [0.2, 0.25) is 0 Å². The zero-order valence-electron chi connectivity index (χ0n) is 17.6. The second-order valence-corrected chi connectivity index (χ2v) is 8.24. The van der Waals surface area contributed by atoms with Crippen molar-refractivity contribution in [1.82, 2.24) is 4.90 Å². The van der Waals surface area contributed by atoms with Crippen LogP contribution in [0.1, 0.15) is 27.0 Å². The van der Waals surface area contributed by atoms with Crippen LogP contribution >= 0.6 is 11.6 Å². The molecular weight excluding hydrogens is 418 g/mol. The minimum atomic E-state index is -0.917. The van der Waals surface area contributed by atoms with Crippen LogP contribution in [0.5, 0.6) is 0 Å². The Morgan fingerprint density at radius 3 is 2.00 bits per heavy atom. The number of carboxylic acids is 1. The monoisotopic (exact) mass is 441 g/mol. The summed E-state index contributed by atoms with van der Waals surface area (Å²) in [5.74, 6) is -0.917. The average Bonchev–Trinajstić information content (AvgIpc) is 2.81. The highest BCUT2D eigenvalue weighted by atomic mass is 35.5. The van der Waals surface area contributed by atoms with Crippen LogP contribution in [0.25, 0.3) is 11.1 Å². The van der Waals surface area contributed by atoms with Gasteiger partial charge in [-0.25, -0.2) is 4.79 Å². The first kappa shape index (κ1) is 21.8. The molecule has 4 heteroatoms. The first-order valence-electron chi connectivity index (χ1n) is 10.5. The lowest BCUT2D eigenvalue weighted by Crippen LogP contribution is -2.22. The van der Waals surface area contributed by atoms with Gasteiger partial charge in [-0.05, 0) is 52.1 Å². The molecule has 0 bridgehead atoms. The number of hydrogen-bond acceptors (Lipinski definition) is 2. The zero-order chi connectivity index (χ0) is 22.3. The van der Waals surface area contributed by atoms with Gasteiger partial charge in [-0.1, -0.05) is 90.5 Å². The quantitative estimate of drug-likeness (QED) is 0.323. The van der Waals surface area contributed by atoms with Crippen LogP contribution in [0.15, 0.2) is 103 Å². The van der Waals surface area contributed by atoms with E-state index in [1.54, 1.807) is 12.1 Å². The van der Waals surface area contributed by atoms with Crippen LogP contribution in [0, 0.1) is 0 Å². The van der Waals surface area contributed by atoms with Crippen molar-refractivity contribution < 1.29 is 9.90 Å². The predicted octanol–water partition coefficient (Wildman–Crippen LogP) is 6.91. The number of halogens is 1. The van der Waals surface area contributed by atoms with Crippen molar-refractivity contribution >= 4 is 17.6 Å². The lowest BCUT2D eigenvalue weighted by molar-refractivity contribution is 0.0697. The van der Waals surface area contributed by atoms with Gasteiger partial charge < -0.3 is 5.11 Å². The van der Waals surface area contributed by atoms with E-state index in [1.165, 1.54) is 11.1 Å². The molecule has 0 heterocycles. The van der Waals surface area contributed by atoms with E-state index in [0.717, 1.165) is 41.3 Å². The minimum absolute atomic E-state index is 0.312. The first-order valence-corrected chi connectivity index (χ1v) is 10.9. The number of nitrogens with zero attached hydrogens (tertiary/aromatic N) is 1. The third-order valence-corrected chi connectivity index (χ3v) is 5.62. The largest absolute Gasteiger partial charge is 0.478 e. The summed E-state index contributed by atoms with van der Waals surface area (Å²) in [6.07, 6.45) is 0. The Morgan fingerprint density at radius 1 is 0.688 bits per heavy atom. The second-order valence-electron chi connectivity index (χ2n) is 7.81. The fourth-order valence-corrected chi connectivity index (χ4v) is 4.00. The van der Waals surface area contributed by atoms with E-state index >= 15 is 0 Å². The summed E-state index contributed by atoms with van der Waals surface area (Å²) in [5.41, 5.74) is 5.52. The maximum absolute atomic E-state index is 11.7. The third-order valence-electron chi connectivity index (χ3n) is 5.37. The van der Waals surface area contributed by atoms with Gasteiger partial charge in [0.15, 0.2) is 0 Å². The molecule has 4 rings (SSSR count). The van der Waals surface area contributed by atoms with E-state index in [9.17, 15) is 9.90 Å². The summed E-state index contributed by atoms with van der Waals surface area (Å²) >= 11 is 6.06. The van der Waals surface area contributed by atoms with Crippen LogP contribution in [0.3, 0.4) is 0 Å². The maximum atomic E-state index is 11.7. The molecule has 0 aliphatic rings. The Kier molecular flexibility index (Phi) is 7.00. The molecule has 4 aromatic carbocycles. The first-order chi connectivity index (χ1) is 15.6. The molecule has 0 saturated carbocycles. The molecule has 0 aliphatic carbocycles. The normalized spacial score (nSPS) is 10.9. The van der Waals surface area contributed by atoms with Crippen molar-refractivity contribution in [2.75, 3.05) is 0 Å². The molecule has 0 fully saturated rings. The van der Waals surface area contributed by atoms with E-state index in [-0.39, 0.29) is 0 Å². The highest BCUT2D eigenvalue weighted by Gasteiger charge is 2.13. The zero-order valence-corrected chi connectivity index (χ0v) is 18.4. The SMILES string of the molecule is O=C(O)c1ccccc1-c1cccc(CN(Cc2ccccc2)Cc2ccc(Cl)cc2)c1. The molecule has 0 aromatic heterocycles. The number of hydrogen-bond donors (Lipinski definition) is 1. The minimum Gasteiger partial charge on any atom is -0.478 e. The molecule has 0 aliphatic heterocycles. The fraction of sp³-hybridized carbons (Fsp3) is 0.107. The molecule has 160 valence electrons. The average molecular weight is 442 g/mol. The highest BCUT2D eigenvalue weighted by Crippen LogP contribution is 2.26. The van der Waals surface area contributed by atoms with Crippen LogP contribution in [0.2, 0.25) is 5.02 Å². The number of benzene rings is 4. The molecule has 3 nitrogen and oxygen atoms in total. The molecule has 0 unspecified atom stereocenters. The second kappa shape index (κ2) is 10.3. The van der Waals surface area contributed by atoms with Crippen LogP contribution in [0.4, 0.5) is 0 Å². The smallest absolute Gasteiger partial charge is 0.336 e. The lowest BCUT2D eigenvalue weighted by Gasteiger charge is -2.23. The summed E-state index contributed by atoms with van der Waals surface area (Å²) in [6, 6.07) is 33.6. The predicted molar refractivity (Wildman–Crippen MR) is 130 cm³/mol. The van der Waals surface area contributed by atoms with E-state index < -0.39 is 5.97 Å². The van der Waals surface area contributed by atoms with Crippen LogP contribution in [-0.4, -0.2) is 16.0 Å². The van der Waals surface area contributed by atoms with Gasteiger partial charge >= 0.3 is 5.97 Å². The Hall–Kier alpha value is -3.40. The summed E-state index contributed by atoms with van der Waals surface area (Å²) < 4.78 is 0. The van der Waals surface area contributed by atoms with Crippen molar-refractivity contribution in [3.8, 4) is 11.1 Å². The third kappa shape index (κ3) is 5.64. The molecule has 0 amide bonds. The van der Waals surface area contributed by atoms with Crippen LogP contribution < -0.4 is 0 Å². The lowest BCUT2D eigenvalue weighted by atomic mass is 9.98. The highest BCUT2D eigenvalue weighted by molar-refractivity contribution is 6.30. The van der Waals surface area contributed by atoms with Crippen molar-refractivity contribution in [3.05, 3.63) is 130 Å². The van der Waals surface area contributed by atoms with Gasteiger partial charge in [-0.15, -0.1) is 0 Å². The topological polar surface area (TPSA) is 40.5 Å².